The van der Waals surface area contributed by atoms with E-state index in [2.05, 4.69) is 27.4 Å². The first kappa shape index (κ1) is 20.2. The average molecular weight is 359 g/mol. The zero-order valence-electron chi connectivity index (χ0n) is 15.9. The Morgan fingerprint density at radius 2 is 2.19 bits per heavy atom. The van der Waals surface area contributed by atoms with Crippen molar-refractivity contribution in [3.05, 3.63) is 35.1 Å². The summed E-state index contributed by atoms with van der Waals surface area (Å²) in [5.74, 6) is 0.349. The second-order valence-electron chi connectivity index (χ2n) is 6.63. The van der Waals surface area contributed by atoms with Crippen LogP contribution in [-0.2, 0) is 6.54 Å². The summed E-state index contributed by atoms with van der Waals surface area (Å²) in [7, 11) is 0. The van der Waals surface area contributed by atoms with Crippen molar-refractivity contribution >= 4 is 5.96 Å². The third-order valence-electron chi connectivity index (χ3n) is 4.84. The molecule has 0 bridgehead atoms. The van der Waals surface area contributed by atoms with E-state index in [1.54, 1.807) is 6.07 Å². The SMILES string of the molecule is CCNC(=NCc1cc(C#N)ccc1F)NCCN1CCCCC1CC. The van der Waals surface area contributed by atoms with Crippen LogP contribution in [-0.4, -0.2) is 43.1 Å². The van der Waals surface area contributed by atoms with Crippen LogP contribution in [0.4, 0.5) is 4.39 Å². The van der Waals surface area contributed by atoms with Crippen molar-refractivity contribution in [1.82, 2.24) is 15.5 Å². The van der Waals surface area contributed by atoms with Crippen LogP contribution in [0.5, 0.6) is 0 Å². The molecule has 142 valence electrons. The smallest absolute Gasteiger partial charge is 0.191 e. The van der Waals surface area contributed by atoms with Gasteiger partial charge in [-0.05, 0) is 50.9 Å². The van der Waals surface area contributed by atoms with Crippen molar-refractivity contribution in [2.24, 2.45) is 4.99 Å². The molecule has 0 saturated carbocycles. The number of halogens is 1. The molecule has 1 unspecified atom stereocenters. The molecule has 1 aromatic rings. The Morgan fingerprint density at radius 3 is 2.92 bits per heavy atom. The molecule has 1 atom stereocenters. The molecule has 0 aromatic heterocycles. The van der Waals surface area contributed by atoms with Crippen molar-refractivity contribution < 1.29 is 4.39 Å². The number of nitriles is 1. The number of likely N-dealkylation sites (tertiary alicyclic amines) is 1. The summed E-state index contributed by atoms with van der Waals surface area (Å²) in [6.07, 6.45) is 5.10. The lowest BCUT2D eigenvalue weighted by atomic mass is 10.0. The molecule has 1 aromatic carbocycles. The Bertz CT molecular complexity index is 638. The fraction of sp³-hybridized carbons (Fsp3) is 0.600. The van der Waals surface area contributed by atoms with Gasteiger partial charge in [0.2, 0.25) is 0 Å². The Kier molecular flexibility index (Phi) is 8.36. The highest BCUT2D eigenvalue weighted by Gasteiger charge is 2.19. The van der Waals surface area contributed by atoms with Crippen LogP contribution in [0, 0.1) is 17.1 Å². The van der Waals surface area contributed by atoms with Crippen molar-refractivity contribution in [1.29, 1.82) is 5.26 Å². The highest BCUT2D eigenvalue weighted by atomic mass is 19.1. The first-order valence-electron chi connectivity index (χ1n) is 9.62. The Hall–Kier alpha value is -2.13. The van der Waals surface area contributed by atoms with Crippen molar-refractivity contribution in [3.8, 4) is 6.07 Å². The minimum absolute atomic E-state index is 0.206. The van der Waals surface area contributed by atoms with Crippen LogP contribution in [0.1, 0.15) is 50.7 Å². The Labute approximate surface area is 156 Å². The predicted octanol–water partition coefficient (Wildman–Crippen LogP) is 3.02. The second kappa shape index (κ2) is 10.8. The molecular formula is C20H30FN5. The summed E-state index contributed by atoms with van der Waals surface area (Å²) in [6, 6.07) is 7.09. The maximum absolute atomic E-state index is 13.9. The molecule has 0 spiro atoms. The van der Waals surface area contributed by atoms with Gasteiger partial charge in [-0.15, -0.1) is 0 Å². The van der Waals surface area contributed by atoms with Gasteiger partial charge in [-0.25, -0.2) is 9.38 Å². The third-order valence-corrected chi connectivity index (χ3v) is 4.84. The van der Waals surface area contributed by atoms with E-state index in [0.717, 1.165) is 19.6 Å². The van der Waals surface area contributed by atoms with Crippen molar-refractivity contribution in [2.75, 3.05) is 26.2 Å². The normalized spacial score (nSPS) is 18.4. The average Bonchev–Trinajstić information content (AvgIpc) is 2.67. The number of piperidine rings is 1. The van der Waals surface area contributed by atoms with Crippen molar-refractivity contribution in [2.45, 2.75) is 52.1 Å². The number of hydrogen-bond acceptors (Lipinski definition) is 3. The lowest BCUT2D eigenvalue weighted by Gasteiger charge is -2.35. The molecule has 2 N–H and O–H groups in total. The van der Waals surface area contributed by atoms with Crippen LogP contribution in [0.3, 0.4) is 0 Å². The monoisotopic (exact) mass is 359 g/mol. The Balaban J connectivity index is 1.91. The molecule has 1 aliphatic rings. The number of rotatable bonds is 7. The van der Waals surface area contributed by atoms with E-state index in [1.165, 1.54) is 44.4 Å². The largest absolute Gasteiger partial charge is 0.357 e. The van der Waals surface area contributed by atoms with E-state index >= 15 is 0 Å². The van der Waals surface area contributed by atoms with Crippen LogP contribution in [0.15, 0.2) is 23.2 Å². The van der Waals surface area contributed by atoms with Gasteiger partial charge in [0.1, 0.15) is 5.82 Å². The highest BCUT2D eigenvalue weighted by Crippen LogP contribution is 2.18. The number of nitrogens with one attached hydrogen (secondary N) is 2. The van der Waals surface area contributed by atoms with E-state index in [4.69, 9.17) is 5.26 Å². The summed E-state index contributed by atoms with van der Waals surface area (Å²) in [4.78, 5) is 7.02. The summed E-state index contributed by atoms with van der Waals surface area (Å²) in [6.45, 7) is 8.17. The van der Waals surface area contributed by atoms with Gasteiger partial charge in [0, 0.05) is 31.2 Å². The first-order chi connectivity index (χ1) is 12.7. The molecule has 1 heterocycles. The van der Waals surface area contributed by atoms with E-state index < -0.39 is 0 Å². The molecule has 2 rings (SSSR count). The second-order valence-corrected chi connectivity index (χ2v) is 6.63. The molecule has 1 fully saturated rings. The van der Waals surface area contributed by atoms with Gasteiger partial charge < -0.3 is 10.6 Å². The fourth-order valence-corrected chi connectivity index (χ4v) is 3.41. The highest BCUT2D eigenvalue weighted by molar-refractivity contribution is 5.79. The van der Waals surface area contributed by atoms with Gasteiger partial charge in [-0.1, -0.05) is 13.3 Å². The number of hydrogen-bond donors (Lipinski definition) is 2. The zero-order valence-corrected chi connectivity index (χ0v) is 15.9. The number of benzene rings is 1. The maximum atomic E-state index is 13.9. The van der Waals surface area contributed by atoms with E-state index in [0.29, 0.717) is 23.1 Å². The van der Waals surface area contributed by atoms with Crippen LogP contribution < -0.4 is 10.6 Å². The number of nitrogens with zero attached hydrogens (tertiary/aromatic N) is 3. The van der Waals surface area contributed by atoms with Crippen LogP contribution in [0.2, 0.25) is 0 Å². The molecule has 6 heteroatoms. The standard InChI is InChI=1S/C20H30FN5/c1-3-18-7-5-6-11-26(18)12-10-24-20(23-4-2)25-15-17-13-16(14-22)8-9-19(17)21/h8-9,13,18H,3-7,10-12,15H2,1-2H3,(H2,23,24,25). The molecule has 5 nitrogen and oxygen atoms in total. The molecule has 1 saturated heterocycles. The predicted molar refractivity (Wildman–Crippen MR) is 103 cm³/mol. The molecule has 26 heavy (non-hydrogen) atoms. The van der Waals surface area contributed by atoms with Gasteiger partial charge in [0.05, 0.1) is 18.2 Å². The minimum atomic E-state index is -0.331. The molecular weight excluding hydrogens is 329 g/mol. The van der Waals surface area contributed by atoms with E-state index in [-0.39, 0.29) is 12.4 Å². The lowest BCUT2D eigenvalue weighted by Crippen LogP contribution is -2.45. The van der Waals surface area contributed by atoms with Gasteiger partial charge in [0.25, 0.3) is 0 Å². The molecule has 0 amide bonds. The third kappa shape index (κ3) is 5.99. The molecule has 1 aliphatic heterocycles. The first-order valence-corrected chi connectivity index (χ1v) is 9.62. The Morgan fingerprint density at radius 1 is 1.35 bits per heavy atom. The summed E-state index contributed by atoms with van der Waals surface area (Å²) >= 11 is 0. The van der Waals surface area contributed by atoms with Crippen LogP contribution >= 0.6 is 0 Å². The maximum Gasteiger partial charge on any atom is 0.191 e. The van der Waals surface area contributed by atoms with Crippen molar-refractivity contribution in [3.63, 3.8) is 0 Å². The fourth-order valence-electron chi connectivity index (χ4n) is 3.41. The molecule has 0 radical (unpaired) electrons. The topological polar surface area (TPSA) is 63.5 Å². The summed E-state index contributed by atoms with van der Waals surface area (Å²) in [5.41, 5.74) is 0.883. The lowest BCUT2D eigenvalue weighted by molar-refractivity contribution is 0.147. The quantitative estimate of drug-likeness (QED) is 0.580. The minimum Gasteiger partial charge on any atom is -0.357 e. The van der Waals surface area contributed by atoms with E-state index in [9.17, 15) is 4.39 Å². The van der Waals surface area contributed by atoms with Gasteiger partial charge in [0.15, 0.2) is 5.96 Å². The van der Waals surface area contributed by atoms with Gasteiger partial charge in [-0.2, -0.15) is 5.26 Å². The van der Waals surface area contributed by atoms with Crippen LogP contribution in [0.25, 0.3) is 0 Å². The summed E-state index contributed by atoms with van der Waals surface area (Å²) < 4.78 is 13.9. The molecule has 0 aliphatic carbocycles. The van der Waals surface area contributed by atoms with Gasteiger partial charge in [-0.3, -0.25) is 4.90 Å². The number of aliphatic imine (C=N–C) groups is 1. The summed E-state index contributed by atoms with van der Waals surface area (Å²) in [5, 5.41) is 15.5. The zero-order chi connectivity index (χ0) is 18.8. The van der Waals surface area contributed by atoms with E-state index in [1.807, 2.05) is 13.0 Å². The number of guanidine groups is 1. The van der Waals surface area contributed by atoms with Gasteiger partial charge >= 0.3 is 0 Å².